The highest BCUT2D eigenvalue weighted by atomic mass is 16.3. The van der Waals surface area contributed by atoms with Crippen LogP contribution in [0.3, 0.4) is 0 Å². The van der Waals surface area contributed by atoms with Crippen LogP contribution >= 0.6 is 0 Å². The van der Waals surface area contributed by atoms with Crippen molar-refractivity contribution in [2.75, 3.05) is 6.61 Å². The molecule has 2 heteroatoms. The first-order chi connectivity index (χ1) is 13.2. The molecule has 2 N–H and O–H groups in total. The zero-order valence-electron chi connectivity index (χ0n) is 18.1. The van der Waals surface area contributed by atoms with Crippen molar-refractivity contribution < 1.29 is 10.2 Å². The van der Waals surface area contributed by atoms with E-state index in [1.165, 1.54) is 77.0 Å². The van der Waals surface area contributed by atoms with E-state index in [1.54, 1.807) is 0 Å². The molecule has 0 saturated heterocycles. The van der Waals surface area contributed by atoms with Gasteiger partial charge in [0.2, 0.25) is 0 Å². The van der Waals surface area contributed by atoms with Gasteiger partial charge in [0, 0.05) is 0 Å². The van der Waals surface area contributed by atoms with E-state index >= 15 is 0 Å². The molecule has 0 amide bonds. The molecule has 1 unspecified atom stereocenters. The van der Waals surface area contributed by atoms with E-state index in [4.69, 9.17) is 5.11 Å². The summed E-state index contributed by atoms with van der Waals surface area (Å²) in [7, 11) is 0. The molecule has 2 nitrogen and oxygen atoms in total. The molecular weight excluding hydrogens is 332 g/mol. The molecule has 1 aliphatic carbocycles. The first kappa shape index (κ1) is 24.4. The first-order valence-corrected chi connectivity index (χ1v) is 11.8. The lowest BCUT2D eigenvalue weighted by Gasteiger charge is -2.17. The highest BCUT2D eigenvalue weighted by molar-refractivity contribution is 5.09. The van der Waals surface area contributed by atoms with Gasteiger partial charge in [-0.1, -0.05) is 102 Å². The minimum absolute atomic E-state index is 0.0978. The molecule has 0 heterocycles. The number of hydrogen-bond acceptors (Lipinski definition) is 2. The Labute approximate surface area is 169 Å². The quantitative estimate of drug-likeness (QED) is 0.215. The van der Waals surface area contributed by atoms with Gasteiger partial charge >= 0.3 is 0 Å². The summed E-state index contributed by atoms with van der Waals surface area (Å²) in [6.45, 7) is 4.53. The fraction of sp³-hybridized carbons (Fsp3) is 0.840. The predicted octanol–water partition coefficient (Wildman–Crippen LogP) is 6.82. The van der Waals surface area contributed by atoms with Crippen molar-refractivity contribution in [1.82, 2.24) is 0 Å². The van der Waals surface area contributed by atoms with Crippen LogP contribution in [0.25, 0.3) is 0 Å². The molecule has 0 saturated carbocycles. The van der Waals surface area contributed by atoms with E-state index in [9.17, 15) is 5.11 Å². The topological polar surface area (TPSA) is 40.5 Å². The molecule has 0 aromatic rings. The van der Waals surface area contributed by atoms with E-state index in [0.29, 0.717) is 5.92 Å². The zero-order valence-corrected chi connectivity index (χ0v) is 18.1. The first-order valence-electron chi connectivity index (χ1n) is 11.8. The molecule has 0 aromatic heterocycles. The van der Waals surface area contributed by atoms with Crippen molar-refractivity contribution in [3.63, 3.8) is 0 Å². The number of aliphatic hydroxyl groups is 2. The Morgan fingerprint density at radius 3 is 2.48 bits per heavy atom. The van der Waals surface area contributed by atoms with Crippen LogP contribution in [0.15, 0.2) is 24.3 Å². The fourth-order valence-corrected chi connectivity index (χ4v) is 4.26. The summed E-state index contributed by atoms with van der Waals surface area (Å²) < 4.78 is 0. The summed E-state index contributed by atoms with van der Waals surface area (Å²) in [5.74, 6) is 2.32. The molecule has 27 heavy (non-hydrogen) atoms. The van der Waals surface area contributed by atoms with E-state index in [0.717, 1.165) is 24.7 Å². The maximum Gasteiger partial charge on any atom is 0.0770 e. The average molecular weight is 379 g/mol. The average Bonchev–Trinajstić information content (AvgIpc) is 3.13. The summed E-state index contributed by atoms with van der Waals surface area (Å²) in [6, 6.07) is 0. The molecule has 0 bridgehead atoms. The van der Waals surface area contributed by atoms with E-state index in [-0.39, 0.29) is 6.61 Å². The van der Waals surface area contributed by atoms with Crippen molar-refractivity contribution in [3.05, 3.63) is 24.3 Å². The highest BCUT2D eigenvalue weighted by Gasteiger charge is 2.19. The van der Waals surface area contributed by atoms with Gasteiger partial charge in [0.1, 0.15) is 0 Å². The Morgan fingerprint density at radius 2 is 1.74 bits per heavy atom. The molecule has 158 valence electrons. The molecule has 0 aromatic carbocycles. The monoisotopic (exact) mass is 378 g/mol. The van der Waals surface area contributed by atoms with Gasteiger partial charge in [-0.3, -0.25) is 0 Å². The predicted molar refractivity (Wildman–Crippen MR) is 118 cm³/mol. The summed E-state index contributed by atoms with van der Waals surface area (Å²) in [5.41, 5.74) is 0. The summed E-state index contributed by atoms with van der Waals surface area (Å²) in [4.78, 5) is 0. The molecule has 0 radical (unpaired) electrons. The number of aliphatic hydroxyl groups excluding tert-OH is 2. The van der Waals surface area contributed by atoms with Crippen molar-refractivity contribution in [2.24, 2.45) is 17.8 Å². The number of allylic oxidation sites excluding steroid dienone is 4. The lowest BCUT2D eigenvalue weighted by atomic mass is 9.88. The number of unbranched alkanes of at least 4 members (excludes halogenated alkanes) is 6. The van der Waals surface area contributed by atoms with E-state index < -0.39 is 6.10 Å². The molecule has 0 fully saturated rings. The summed E-state index contributed by atoms with van der Waals surface area (Å²) >= 11 is 0. The smallest absolute Gasteiger partial charge is 0.0770 e. The maximum absolute atomic E-state index is 9.37. The fourth-order valence-electron chi connectivity index (χ4n) is 4.26. The minimum atomic E-state index is -0.517. The highest BCUT2D eigenvalue weighted by Crippen LogP contribution is 2.31. The van der Waals surface area contributed by atoms with Crippen molar-refractivity contribution in [2.45, 2.75) is 110 Å². The molecule has 1 aliphatic rings. The lowest BCUT2D eigenvalue weighted by molar-refractivity contribution is 0.0859. The van der Waals surface area contributed by atoms with Gasteiger partial charge in [0.15, 0.2) is 0 Å². The van der Waals surface area contributed by atoms with Gasteiger partial charge in [0.05, 0.1) is 12.7 Å². The summed E-state index contributed by atoms with van der Waals surface area (Å²) in [6.07, 6.45) is 26.8. The second-order valence-corrected chi connectivity index (χ2v) is 8.62. The SMILES string of the molecule is CCCCCC[C@H](CC)CC=C[C@H]1C=CC[C@@H]1CCCCCCC(O)CO. The van der Waals surface area contributed by atoms with Crippen LogP contribution in [0.5, 0.6) is 0 Å². The van der Waals surface area contributed by atoms with Gasteiger partial charge in [-0.25, -0.2) is 0 Å². The van der Waals surface area contributed by atoms with Gasteiger partial charge in [0.25, 0.3) is 0 Å². The molecule has 0 aliphatic heterocycles. The Morgan fingerprint density at radius 1 is 1.00 bits per heavy atom. The Kier molecular flexibility index (Phi) is 14.8. The normalized spacial score (nSPS) is 21.9. The van der Waals surface area contributed by atoms with Crippen molar-refractivity contribution in [1.29, 1.82) is 0 Å². The number of hydrogen-bond donors (Lipinski definition) is 2. The maximum atomic E-state index is 9.37. The minimum Gasteiger partial charge on any atom is -0.394 e. The second kappa shape index (κ2) is 16.4. The Hall–Kier alpha value is -0.600. The van der Waals surface area contributed by atoms with Crippen molar-refractivity contribution in [3.8, 4) is 0 Å². The molecule has 1 rings (SSSR count). The van der Waals surface area contributed by atoms with Crippen LogP contribution in [-0.2, 0) is 0 Å². The van der Waals surface area contributed by atoms with E-state index in [1.807, 2.05) is 0 Å². The Bertz CT molecular complexity index is 388. The van der Waals surface area contributed by atoms with Crippen LogP contribution in [0.2, 0.25) is 0 Å². The number of rotatable bonds is 17. The standard InChI is InChI=1S/C25H46O2/c1-3-5-6-9-14-22(4-2)15-12-17-24-19-13-18-23(24)16-10-7-8-11-20-25(27)21-26/h12-13,17,19,22-27H,3-11,14-16,18,20-21H2,1-2H3/t22-,23-,24-,25?/m0/s1. The van der Waals surface area contributed by atoms with Gasteiger partial charge in [-0.15, -0.1) is 0 Å². The van der Waals surface area contributed by atoms with Crippen LogP contribution in [0.1, 0.15) is 104 Å². The van der Waals surface area contributed by atoms with Gasteiger partial charge < -0.3 is 10.2 Å². The van der Waals surface area contributed by atoms with Gasteiger partial charge in [-0.05, 0) is 43.4 Å². The lowest BCUT2D eigenvalue weighted by Crippen LogP contribution is -2.11. The molecule has 0 spiro atoms. The zero-order chi connectivity index (χ0) is 19.7. The second-order valence-electron chi connectivity index (χ2n) is 8.62. The van der Waals surface area contributed by atoms with Gasteiger partial charge in [-0.2, -0.15) is 0 Å². The third kappa shape index (κ3) is 11.8. The largest absolute Gasteiger partial charge is 0.394 e. The van der Waals surface area contributed by atoms with Crippen LogP contribution < -0.4 is 0 Å². The van der Waals surface area contributed by atoms with Crippen LogP contribution in [0.4, 0.5) is 0 Å². The third-order valence-electron chi connectivity index (χ3n) is 6.29. The van der Waals surface area contributed by atoms with Crippen LogP contribution in [0, 0.1) is 17.8 Å². The van der Waals surface area contributed by atoms with E-state index in [2.05, 4.69) is 38.2 Å². The third-order valence-corrected chi connectivity index (χ3v) is 6.29. The van der Waals surface area contributed by atoms with Crippen molar-refractivity contribution >= 4 is 0 Å². The van der Waals surface area contributed by atoms with Crippen LogP contribution in [-0.4, -0.2) is 22.9 Å². The molecule has 4 atom stereocenters. The Balaban J connectivity index is 2.17. The molecular formula is C25H46O2. The summed E-state index contributed by atoms with van der Waals surface area (Å²) in [5, 5.41) is 18.2.